The normalized spacial score (nSPS) is 17.1. The average Bonchev–Trinajstić information content (AvgIpc) is 3.21. The highest BCUT2D eigenvalue weighted by Crippen LogP contribution is 2.28. The summed E-state index contributed by atoms with van der Waals surface area (Å²) in [7, 11) is 0. The number of nitrogens with zero attached hydrogens (tertiary/aromatic N) is 2. The zero-order valence-corrected chi connectivity index (χ0v) is 16.2. The Kier molecular flexibility index (Phi) is 5.41. The lowest BCUT2D eigenvalue weighted by Gasteiger charge is -2.16. The van der Waals surface area contributed by atoms with Crippen molar-refractivity contribution in [2.24, 2.45) is 5.92 Å². The Labute approximate surface area is 157 Å². The zero-order valence-electron chi connectivity index (χ0n) is 15.4. The van der Waals surface area contributed by atoms with Gasteiger partial charge in [-0.25, -0.2) is 9.78 Å². The predicted octanol–water partition coefficient (Wildman–Crippen LogP) is 3.98. The fourth-order valence-electron chi connectivity index (χ4n) is 3.31. The Morgan fingerprint density at radius 3 is 2.58 bits per heavy atom. The quantitative estimate of drug-likeness (QED) is 0.862. The first-order chi connectivity index (χ1) is 12.3. The number of likely N-dealkylation sites (tertiary alicyclic amines) is 1. The minimum absolute atomic E-state index is 0.0932. The highest BCUT2D eigenvalue weighted by Gasteiger charge is 2.29. The van der Waals surface area contributed by atoms with Gasteiger partial charge in [0.15, 0.2) is 0 Å². The number of aromatic carboxylic acids is 1. The Morgan fingerprint density at radius 1 is 1.31 bits per heavy atom. The molecule has 0 spiro atoms. The van der Waals surface area contributed by atoms with Crippen LogP contribution in [-0.2, 0) is 6.42 Å². The predicted molar refractivity (Wildman–Crippen MR) is 102 cm³/mol. The number of carbonyl (C=O) groups is 2. The van der Waals surface area contributed by atoms with E-state index in [9.17, 15) is 9.59 Å². The highest BCUT2D eigenvalue weighted by molar-refractivity contribution is 7.13. The maximum Gasteiger partial charge on any atom is 0.335 e. The van der Waals surface area contributed by atoms with Crippen LogP contribution in [0.5, 0.6) is 0 Å². The molecule has 1 aromatic heterocycles. The summed E-state index contributed by atoms with van der Waals surface area (Å²) in [5.74, 6) is -0.0710. The van der Waals surface area contributed by atoms with Crippen molar-refractivity contribution >= 4 is 23.2 Å². The minimum atomic E-state index is -0.908. The van der Waals surface area contributed by atoms with Gasteiger partial charge >= 0.3 is 5.97 Å². The van der Waals surface area contributed by atoms with Crippen LogP contribution < -0.4 is 0 Å². The first-order valence-electron chi connectivity index (χ1n) is 8.94. The van der Waals surface area contributed by atoms with Crippen molar-refractivity contribution in [3.63, 3.8) is 0 Å². The maximum atomic E-state index is 12.9. The van der Waals surface area contributed by atoms with Gasteiger partial charge in [-0.1, -0.05) is 26.0 Å². The maximum absolute atomic E-state index is 12.9. The SMILES string of the molecule is Cc1nc(C(C)C)sc1C(=O)N1CC[C@H](Cc2ccc(C(=O)O)cc2)C1. The molecule has 0 unspecified atom stereocenters. The van der Waals surface area contributed by atoms with Crippen molar-refractivity contribution in [1.29, 1.82) is 0 Å². The fraction of sp³-hybridized carbons (Fsp3) is 0.450. The molecule has 1 saturated heterocycles. The van der Waals surface area contributed by atoms with Crippen LogP contribution in [0.3, 0.4) is 0 Å². The second-order valence-electron chi connectivity index (χ2n) is 7.23. The van der Waals surface area contributed by atoms with E-state index in [1.165, 1.54) is 11.3 Å². The summed E-state index contributed by atoms with van der Waals surface area (Å²) in [6.07, 6.45) is 1.84. The molecule has 0 saturated carbocycles. The second-order valence-corrected chi connectivity index (χ2v) is 8.26. The number of carboxylic acid groups (broad SMARTS) is 1. The van der Waals surface area contributed by atoms with Gasteiger partial charge in [0, 0.05) is 19.0 Å². The number of aromatic nitrogens is 1. The lowest BCUT2D eigenvalue weighted by Crippen LogP contribution is -2.28. The van der Waals surface area contributed by atoms with Gasteiger partial charge < -0.3 is 10.0 Å². The van der Waals surface area contributed by atoms with E-state index in [4.69, 9.17) is 5.11 Å². The van der Waals surface area contributed by atoms with Crippen molar-refractivity contribution in [2.75, 3.05) is 13.1 Å². The van der Waals surface area contributed by atoms with Crippen LogP contribution in [0.15, 0.2) is 24.3 Å². The monoisotopic (exact) mass is 372 g/mol. The number of amides is 1. The van der Waals surface area contributed by atoms with Gasteiger partial charge in [-0.15, -0.1) is 11.3 Å². The molecule has 6 heteroatoms. The molecular formula is C20H24N2O3S. The number of carboxylic acids is 1. The topological polar surface area (TPSA) is 70.5 Å². The number of hydrogen-bond acceptors (Lipinski definition) is 4. The highest BCUT2D eigenvalue weighted by atomic mass is 32.1. The molecule has 1 aliphatic rings. The number of benzene rings is 1. The molecule has 0 bridgehead atoms. The Bertz CT molecular complexity index is 811. The fourth-order valence-corrected chi connectivity index (χ4v) is 4.34. The van der Waals surface area contributed by atoms with E-state index in [0.29, 0.717) is 17.4 Å². The molecule has 1 amide bonds. The van der Waals surface area contributed by atoms with Gasteiger partial charge in [0.2, 0.25) is 0 Å². The molecular weight excluding hydrogens is 348 g/mol. The van der Waals surface area contributed by atoms with Gasteiger partial charge in [-0.2, -0.15) is 0 Å². The van der Waals surface area contributed by atoms with Crippen LogP contribution in [0.1, 0.15) is 62.5 Å². The molecule has 1 N–H and O–H groups in total. The third-order valence-corrected chi connectivity index (χ3v) is 6.25. The van der Waals surface area contributed by atoms with Gasteiger partial charge in [-0.3, -0.25) is 4.79 Å². The number of carbonyl (C=O) groups excluding carboxylic acids is 1. The van der Waals surface area contributed by atoms with Crippen molar-refractivity contribution in [3.8, 4) is 0 Å². The molecule has 138 valence electrons. The Morgan fingerprint density at radius 2 is 2.00 bits per heavy atom. The summed E-state index contributed by atoms with van der Waals surface area (Å²) in [6.45, 7) is 7.61. The smallest absolute Gasteiger partial charge is 0.335 e. The molecule has 1 aliphatic heterocycles. The third kappa shape index (κ3) is 3.96. The molecule has 5 nitrogen and oxygen atoms in total. The molecule has 3 rings (SSSR count). The summed E-state index contributed by atoms with van der Waals surface area (Å²) < 4.78 is 0. The van der Waals surface area contributed by atoms with E-state index in [1.54, 1.807) is 12.1 Å². The summed E-state index contributed by atoms with van der Waals surface area (Å²) in [6, 6.07) is 7.03. The van der Waals surface area contributed by atoms with Crippen LogP contribution in [-0.4, -0.2) is 40.0 Å². The van der Waals surface area contributed by atoms with Gasteiger partial charge in [-0.05, 0) is 43.4 Å². The van der Waals surface area contributed by atoms with E-state index in [2.05, 4.69) is 18.8 Å². The standard InChI is InChI=1S/C20H24N2O3S/c1-12(2)18-21-13(3)17(26-18)19(23)22-9-8-15(11-22)10-14-4-6-16(7-5-14)20(24)25/h4-7,12,15H,8-11H2,1-3H3,(H,24,25)/t15-/m1/s1. The third-order valence-electron chi connectivity index (χ3n) is 4.80. The van der Waals surface area contributed by atoms with Crippen molar-refractivity contribution < 1.29 is 14.7 Å². The minimum Gasteiger partial charge on any atom is -0.478 e. The number of hydrogen-bond donors (Lipinski definition) is 1. The van der Waals surface area contributed by atoms with Gasteiger partial charge in [0.1, 0.15) is 4.88 Å². The molecule has 26 heavy (non-hydrogen) atoms. The average molecular weight is 372 g/mol. The lowest BCUT2D eigenvalue weighted by atomic mass is 9.98. The number of aryl methyl sites for hydroxylation is 1. The summed E-state index contributed by atoms with van der Waals surface area (Å²) in [4.78, 5) is 31.0. The lowest BCUT2D eigenvalue weighted by molar-refractivity contribution is 0.0696. The Balaban J connectivity index is 1.63. The van der Waals surface area contributed by atoms with Gasteiger partial charge in [0.25, 0.3) is 5.91 Å². The molecule has 1 aromatic carbocycles. The number of rotatable bonds is 5. The summed E-state index contributed by atoms with van der Waals surface area (Å²) in [5.41, 5.74) is 2.25. The van der Waals surface area contributed by atoms with Crippen molar-refractivity contribution in [1.82, 2.24) is 9.88 Å². The van der Waals surface area contributed by atoms with Crippen LogP contribution in [0.4, 0.5) is 0 Å². The summed E-state index contributed by atoms with van der Waals surface area (Å²) in [5, 5.41) is 9.99. The van der Waals surface area contributed by atoms with E-state index < -0.39 is 5.97 Å². The first-order valence-corrected chi connectivity index (χ1v) is 9.75. The molecule has 2 aromatic rings. The Hall–Kier alpha value is -2.21. The van der Waals surface area contributed by atoms with Crippen LogP contribution in [0.2, 0.25) is 0 Å². The number of thiazole rings is 1. The molecule has 0 aliphatic carbocycles. The second kappa shape index (κ2) is 7.58. The van der Waals surface area contributed by atoms with E-state index >= 15 is 0 Å². The largest absolute Gasteiger partial charge is 0.478 e. The van der Waals surface area contributed by atoms with Gasteiger partial charge in [0.05, 0.1) is 16.3 Å². The summed E-state index contributed by atoms with van der Waals surface area (Å²) >= 11 is 1.51. The first kappa shape index (κ1) is 18.6. The van der Waals surface area contributed by atoms with Crippen LogP contribution in [0, 0.1) is 12.8 Å². The molecule has 2 heterocycles. The molecule has 0 radical (unpaired) electrons. The van der Waals surface area contributed by atoms with Crippen molar-refractivity contribution in [3.05, 3.63) is 51.0 Å². The van der Waals surface area contributed by atoms with Crippen LogP contribution >= 0.6 is 11.3 Å². The zero-order chi connectivity index (χ0) is 18.8. The molecule has 1 fully saturated rings. The van der Waals surface area contributed by atoms with E-state index in [-0.39, 0.29) is 5.91 Å². The van der Waals surface area contributed by atoms with E-state index in [1.807, 2.05) is 24.0 Å². The van der Waals surface area contributed by atoms with Crippen LogP contribution in [0.25, 0.3) is 0 Å². The van der Waals surface area contributed by atoms with Crippen molar-refractivity contribution in [2.45, 2.75) is 39.5 Å². The molecule has 1 atom stereocenters. The van der Waals surface area contributed by atoms with E-state index in [0.717, 1.165) is 47.1 Å².